The molecule has 0 saturated heterocycles. The molecule has 0 aliphatic carbocycles. The molecule has 0 aromatic carbocycles. The van der Waals surface area contributed by atoms with Crippen molar-refractivity contribution in [2.24, 2.45) is 5.73 Å². The molecule has 1 unspecified atom stereocenters. The van der Waals surface area contributed by atoms with Gasteiger partial charge in [0.2, 0.25) is 5.91 Å². The first-order chi connectivity index (χ1) is 21.2. The second kappa shape index (κ2) is 35.4. The molecule has 1 amide bonds. The first-order valence-electron chi connectivity index (χ1n) is 19.3. The van der Waals surface area contributed by atoms with E-state index in [9.17, 15) is 9.59 Å². The van der Waals surface area contributed by atoms with Crippen LogP contribution in [-0.4, -0.2) is 31.1 Å². The third kappa shape index (κ3) is 32.1. The lowest BCUT2D eigenvalue weighted by Crippen LogP contribution is -2.42. The number of carbonyl (C=O) groups excluding carboxylic acids is 2. The van der Waals surface area contributed by atoms with Crippen LogP contribution in [0.2, 0.25) is 0 Å². The highest BCUT2D eigenvalue weighted by atomic mass is 16.5. The van der Waals surface area contributed by atoms with Crippen molar-refractivity contribution in [3.8, 4) is 0 Å². The molecule has 256 valence electrons. The Balaban J connectivity index is 3.82. The van der Waals surface area contributed by atoms with Crippen molar-refractivity contribution in [2.45, 2.75) is 219 Å². The van der Waals surface area contributed by atoms with Crippen LogP contribution in [0.25, 0.3) is 0 Å². The zero-order chi connectivity index (χ0) is 31.5. The van der Waals surface area contributed by atoms with Crippen LogP contribution >= 0.6 is 0 Å². The summed E-state index contributed by atoms with van der Waals surface area (Å²) in [5, 5.41) is 2.97. The van der Waals surface area contributed by atoms with Gasteiger partial charge in [-0.1, -0.05) is 174 Å². The second-order valence-electron chi connectivity index (χ2n) is 13.2. The van der Waals surface area contributed by atoms with Crippen LogP contribution in [0.5, 0.6) is 0 Å². The van der Waals surface area contributed by atoms with Crippen molar-refractivity contribution >= 4 is 11.9 Å². The summed E-state index contributed by atoms with van der Waals surface area (Å²) < 4.78 is 5.58. The lowest BCUT2D eigenvalue weighted by molar-refractivity contribution is -0.148. The zero-order valence-electron chi connectivity index (χ0n) is 29.2. The Hall–Kier alpha value is -1.10. The standard InChI is InChI=1S/C38H76N2O3/c1-3-5-7-9-11-13-15-17-19-21-23-25-27-31-35-43-38(42)36(32-29-30-34-39)40-37(41)33-28-26-24-22-20-18-16-14-12-10-8-6-4-2/h36H,3-35,39H2,1-2H3,(H,40,41). The summed E-state index contributed by atoms with van der Waals surface area (Å²) in [5.74, 6) is -0.292. The van der Waals surface area contributed by atoms with Gasteiger partial charge >= 0.3 is 5.97 Å². The van der Waals surface area contributed by atoms with Gasteiger partial charge < -0.3 is 15.8 Å². The van der Waals surface area contributed by atoms with Gasteiger partial charge in [-0.3, -0.25) is 4.79 Å². The molecule has 0 aliphatic heterocycles. The van der Waals surface area contributed by atoms with Gasteiger partial charge in [-0.2, -0.15) is 0 Å². The van der Waals surface area contributed by atoms with Crippen LogP contribution in [0, 0.1) is 0 Å². The van der Waals surface area contributed by atoms with Crippen LogP contribution in [0.4, 0.5) is 0 Å². The number of unbranched alkanes of at least 4 members (excludes halogenated alkanes) is 26. The molecule has 0 heterocycles. The Morgan fingerprint density at radius 3 is 1.28 bits per heavy atom. The van der Waals surface area contributed by atoms with Crippen molar-refractivity contribution in [1.29, 1.82) is 0 Å². The summed E-state index contributed by atoms with van der Waals surface area (Å²) >= 11 is 0. The molecule has 0 bridgehead atoms. The van der Waals surface area contributed by atoms with Gasteiger partial charge in [0.25, 0.3) is 0 Å². The molecule has 0 aromatic rings. The number of hydrogen-bond acceptors (Lipinski definition) is 4. The minimum atomic E-state index is -0.535. The number of ether oxygens (including phenoxy) is 1. The summed E-state index contributed by atoms with van der Waals surface area (Å²) in [6, 6.07) is -0.535. The third-order valence-corrected chi connectivity index (χ3v) is 8.82. The van der Waals surface area contributed by atoms with E-state index in [1.165, 1.54) is 148 Å². The van der Waals surface area contributed by atoms with E-state index in [1.54, 1.807) is 0 Å². The maximum atomic E-state index is 12.7. The molecule has 0 rings (SSSR count). The van der Waals surface area contributed by atoms with Crippen molar-refractivity contribution in [3.63, 3.8) is 0 Å². The molecule has 5 nitrogen and oxygen atoms in total. The van der Waals surface area contributed by atoms with Crippen LogP contribution in [0.1, 0.15) is 213 Å². The molecule has 0 radical (unpaired) electrons. The molecular weight excluding hydrogens is 532 g/mol. The van der Waals surface area contributed by atoms with Gasteiger partial charge in [0.05, 0.1) is 6.61 Å². The Kier molecular flexibility index (Phi) is 34.5. The van der Waals surface area contributed by atoms with E-state index in [-0.39, 0.29) is 11.9 Å². The minimum Gasteiger partial charge on any atom is -0.464 e. The van der Waals surface area contributed by atoms with Crippen LogP contribution in [-0.2, 0) is 14.3 Å². The highest BCUT2D eigenvalue weighted by Crippen LogP contribution is 2.15. The van der Waals surface area contributed by atoms with E-state index in [1.807, 2.05) is 0 Å². The van der Waals surface area contributed by atoms with Crippen molar-refractivity contribution in [1.82, 2.24) is 5.32 Å². The van der Waals surface area contributed by atoms with E-state index < -0.39 is 6.04 Å². The molecule has 0 fully saturated rings. The first kappa shape index (κ1) is 41.9. The highest BCUT2D eigenvalue weighted by molar-refractivity contribution is 5.84. The lowest BCUT2D eigenvalue weighted by Gasteiger charge is -2.18. The average molecular weight is 609 g/mol. The fraction of sp³-hybridized carbons (Fsp3) is 0.947. The number of amides is 1. The molecule has 0 saturated carbocycles. The summed E-state index contributed by atoms with van der Waals surface area (Å²) in [5.41, 5.74) is 5.65. The van der Waals surface area contributed by atoms with E-state index in [0.29, 0.717) is 26.0 Å². The SMILES string of the molecule is CCCCCCCCCCCCCCCCOC(=O)C(CCCCN)NC(=O)CCCCCCCCCCCCCCC. The smallest absolute Gasteiger partial charge is 0.328 e. The number of carbonyl (C=O) groups is 2. The summed E-state index contributed by atoms with van der Waals surface area (Å²) in [6.07, 6.45) is 37.9. The predicted octanol–water partition coefficient (Wildman–Crippen LogP) is 11.1. The van der Waals surface area contributed by atoms with Crippen molar-refractivity contribution in [2.75, 3.05) is 13.2 Å². The lowest BCUT2D eigenvalue weighted by atomic mass is 10.0. The topological polar surface area (TPSA) is 81.4 Å². The Morgan fingerprint density at radius 2 is 0.884 bits per heavy atom. The van der Waals surface area contributed by atoms with Gasteiger partial charge in [0, 0.05) is 6.42 Å². The van der Waals surface area contributed by atoms with Gasteiger partial charge in [0.15, 0.2) is 0 Å². The fourth-order valence-corrected chi connectivity index (χ4v) is 5.88. The molecule has 5 heteroatoms. The number of rotatable bonds is 35. The van der Waals surface area contributed by atoms with E-state index in [4.69, 9.17) is 10.5 Å². The van der Waals surface area contributed by atoms with Gasteiger partial charge in [-0.25, -0.2) is 4.79 Å². The number of nitrogens with two attached hydrogens (primary N) is 1. The Bertz CT molecular complexity index is 584. The fourth-order valence-electron chi connectivity index (χ4n) is 5.88. The average Bonchev–Trinajstić information content (AvgIpc) is 3.00. The molecule has 0 aromatic heterocycles. The minimum absolute atomic E-state index is 0.0192. The monoisotopic (exact) mass is 609 g/mol. The van der Waals surface area contributed by atoms with Crippen LogP contribution in [0.15, 0.2) is 0 Å². The van der Waals surface area contributed by atoms with Gasteiger partial charge in [-0.15, -0.1) is 0 Å². The predicted molar refractivity (Wildman–Crippen MR) is 186 cm³/mol. The normalized spacial score (nSPS) is 12.0. The number of nitrogens with one attached hydrogen (secondary N) is 1. The van der Waals surface area contributed by atoms with Gasteiger partial charge in [-0.05, 0) is 38.6 Å². The maximum absolute atomic E-state index is 12.7. The van der Waals surface area contributed by atoms with Gasteiger partial charge in [0.1, 0.15) is 6.04 Å². The van der Waals surface area contributed by atoms with Crippen LogP contribution < -0.4 is 11.1 Å². The van der Waals surface area contributed by atoms with E-state index in [2.05, 4.69) is 19.2 Å². The number of esters is 1. The highest BCUT2D eigenvalue weighted by Gasteiger charge is 2.21. The zero-order valence-corrected chi connectivity index (χ0v) is 29.2. The third-order valence-electron chi connectivity index (χ3n) is 8.82. The molecule has 0 spiro atoms. The summed E-state index contributed by atoms with van der Waals surface area (Å²) in [7, 11) is 0. The summed E-state index contributed by atoms with van der Waals surface area (Å²) in [4.78, 5) is 25.3. The molecule has 43 heavy (non-hydrogen) atoms. The second-order valence-corrected chi connectivity index (χ2v) is 13.2. The maximum Gasteiger partial charge on any atom is 0.328 e. The largest absolute Gasteiger partial charge is 0.464 e. The quantitative estimate of drug-likeness (QED) is 0.0554. The molecule has 0 aliphatic rings. The van der Waals surface area contributed by atoms with Crippen molar-refractivity contribution in [3.05, 3.63) is 0 Å². The van der Waals surface area contributed by atoms with Crippen LogP contribution in [0.3, 0.4) is 0 Å². The first-order valence-corrected chi connectivity index (χ1v) is 19.3. The molecule has 1 atom stereocenters. The molecular formula is C38H76N2O3. The molecule has 3 N–H and O–H groups in total. The Labute approximate surface area is 269 Å². The van der Waals surface area contributed by atoms with E-state index >= 15 is 0 Å². The Morgan fingerprint density at radius 1 is 0.512 bits per heavy atom. The van der Waals surface area contributed by atoms with E-state index in [0.717, 1.165) is 38.5 Å². The number of hydrogen-bond donors (Lipinski definition) is 2. The van der Waals surface area contributed by atoms with Crippen molar-refractivity contribution < 1.29 is 14.3 Å². The summed E-state index contributed by atoms with van der Waals surface area (Å²) in [6.45, 7) is 5.61.